The normalized spacial score (nSPS) is 11.8. The van der Waals surface area contributed by atoms with Gasteiger partial charge in [0.2, 0.25) is 5.78 Å². The van der Waals surface area contributed by atoms with Crippen molar-refractivity contribution in [1.29, 1.82) is 0 Å². The molecule has 3 rings (SSSR count). The van der Waals surface area contributed by atoms with E-state index in [2.05, 4.69) is 29.9 Å². The average molecular weight is 328 g/mol. The Morgan fingerprint density at radius 2 is 2.22 bits per heavy atom. The summed E-state index contributed by atoms with van der Waals surface area (Å²) in [6.07, 6.45) is 0.808. The van der Waals surface area contributed by atoms with E-state index in [0.29, 0.717) is 11.6 Å². The minimum absolute atomic E-state index is 0.609. The second kappa shape index (κ2) is 4.26. The Bertz CT molecular complexity index is 744. The minimum Gasteiger partial charge on any atom is -0.330 e. The second-order valence-electron chi connectivity index (χ2n) is 4.22. The zero-order chi connectivity index (χ0) is 12.9. The average Bonchev–Trinajstić information content (AvgIpc) is 2.81. The Hall–Kier alpha value is -1.04. The Balaban J connectivity index is 2.43. The van der Waals surface area contributed by atoms with Gasteiger partial charge < -0.3 is 10.3 Å². The summed E-state index contributed by atoms with van der Waals surface area (Å²) >= 11 is 9.68. The van der Waals surface area contributed by atoms with E-state index in [1.807, 2.05) is 25.2 Å². The molecule has 1 aromatic carbocycles. The maximum absolute atomic E-state index is 6.05. The van der Waals surface area contributed by atoms with Gasteiger partial charge in [-0.15, -0.1) is 0 Å². The fourth-order valence-electron chi connectivity index (χ4n) is 2.25. The highest BCUT2D eigenvalue weighted by Crippen LogP contribution is 2.28. The predicted octanol–water partition coefficient (Wildman–Crippen LogP) is 2.74. The van der Waals surface area contributed by atoms with Crippen molar-refractivity contribution >= 4 is 44.3 Å². The third-order valence-electron chi connectivity index (χ3n) is 3.12. The molecule has 0 radical (unpaired) electrons. The highest BCUT2D eigenvalue weighted by molar-refractivity contribution is 9.10. The Morgan fingerprint density at radius 3 is 2.94 bits per heavy atom. The van der Waals surface area contributed by atoms with Crippen LogP contribution in [0.15, 0.2) is 22.8 Å². The van der Waals surface area contributed by atoms with Crippen LogP contribution in [0.3, 0.4) is 0 Å². The van der Waals surface area contributed by atoms with Crippen molar-refractivity contribution in [3.63, 3.8) is 0 Å². The number of halogens is 2. The maximum Gasteiger partial charge on any atom is 0.215 e. The molecule has 0 atom stereocenters. The first-order valence-corrected chi connectivity index (χ1v) is 6.81. The van der Waals surface area contributed by atoms with Crippen molar-refractivity contribution in [2.24, 2.45) is 12.8 Å². The maximum atomic E-state index is 6.05. The number of imidazole rings is 2. The van der Waals surface area contributed by atoms with E-state index in [0.717, 1.165) is 33.5 Å². The van der Waals surface area contributed by atoms with Crippen LogP contribution in [-0.2, 0) is 13.5 Å². The molecule has 0 aliphatic carbocycles. The Morgan fingerprint density at radius 1 is 1.44 bits per heavy atom. The predicted molar refractivity (Wildman–Crippen MR) is 77.1 cm³/mol. The molecule has 2 heterocycles. The molecule has 3 aromatic rings. The van der Waals surface area contributed by atoms with Crippen LogP contribution in [0.5, 0.6) is 0 Å². The van der Waals surface area contributed by atoms with Crippen LogP contribution >= 0.6 is 27.5 Å². The van der Waals surface area contributed by atoms with E-state index in [4.69, 9.17) is 17.3 Å². The van der Waals surface area contributed by atoms with Crippen molar-refractivity contribution < 1.29 is 0 Å². The number of hydrogen-bond donors (Lipinski definition) is 1. The molecular weight excluding hydrogens is 316 g/mol. The zero-order valence-corrected chi connectivity index (χ0v) is 12.2. The third-order valence-corrected chi connectivity index (χ3v) is 4.17. The lowest BCUT2D eigenvalue weighted by Crippen LogP contribution is -2.07. The van der Waals surface area contributed by atoms with Crippen molar-refractivity contribution in [3.8, 4) is 0 Å². The summed E-state index contributed by atoms with van der Waals surface area (Å²) in [5.41, 5.74) is 8.72. The summed E-state index contributed by atoms with van der Waals surface area (Å²) in [6.45, 7) is 0.609. The van der Waals surface area contributed by atoms with Crippen LogP contribution in [0.2, 0.25) is 5.02 Å². The van der Waals surface area contributed by atoms with Gasteiger partial charge in [-0.05, 0) is 40.7 Å². The molecule has 0 amide bonds. The first-order valence-electron chi connectivity index (χ1n) is 5.64. The summed E-state index contributed by atoms with van der Waals surface area (Å²) in [5.74, 6) is 0.891. The van der Waals surface area contributed by atoms with Crippen LogP contribution in [0.1, 0.15) is 5.69 Å². The number of fused-ring (bicyclic) bond motifs is 3. The summed E-state index contributed by atoms with van der Waals surface area (Å²) in [4.78, 5) is 4.62. The summed E-state index contributed by atoms with van der Waals surface area (Å²) in [6, 6.07) is 5.71. The molecule has 0 aliphatic rings. The number of nitrogens with two attached hydrogens (primary N) is 1. The number of aromatic nitrogens is 3. The van der Waals surface area contributed by atoms with Gasteiger partial charge in [0.25, 0.3) is 0 Å². The molecule has 4 nitrogen and oxygen atoms in total. The zero-order valence-electron chi connectivity index (χ0n) is 9.82. The van der Waals surface area contributed by atoms with Crippen LogP contribution in [-0.4, -0.2) is 20.5 Å². The van der Waals surface area contributed by atoms with Gasteiger partial charge in [0.15, 0.2) is 0 Å². The van der Waals surface area contributed by atoms with Crippen LogP contribution in [0.25, 0.3) is 16.8 Å². The number of benzene rings is 1. The van der Waals surface area contributed by atoms with Crippen LogP contribution < -0.4 is 5.73 Å². The Labute approximate surface area is 117 Å². The monoisotopic (exact) mass is 326 g/mol. The van der Waals surface area contributed by atoms with E-state index < -0.39 is 0 Å². The Kier molecular flexibility index (Phi) is 2.84. The molecule has 94 valence electrons. The molecule has 0 bridgehead atoms. The molecule has 0 unspecified atom stereocenters. The summed E-state index contributed by atoms with van der Waals surface area (Å²) in [5, 5.41) is 0.709. The van der Waals surface area contributed by atoms with Gasteiger partial charge in [0.1, 0.15) is 4.60 Å². The number of nitrogens with zero attached hydrogens (tertiary/aromatic N) is 3. The molecule has 0 spiro atoms. The molecule has 0 aliphatic heterocycles. The lowest BCUT2D eigenvalue weighted by molar-refractivity contribution is 0.816. The van der Waals surface area contributed by atoms with Gasteiger partial charge in [0, 0.05) is 18.5 Å². The second-order valence-corrected chi connectivity index (χ2v) is 5.40. The largest absolute Gasteiger partial charge is 0.330 e. The van der Waals surface area contributed by atoms with E-state index in [-0.39, 0.29) is 0 Å². The quantitative estimate of drug-likeness (QED) is 0.787. The molecule has 2 aromatic heterocycles. The smallest absolute Gasteiger partial charge is 0.215 e. The summed E-state index contributed by atoms with van der Waals surface area (Å²) < 4.78 is 5.12. The summed E-state index contributed by atoms with van der Waals surface area (Å²) in [7, 11) is 2.00. The standard InChI is InChI=1S/C12H12BrClN4/c1-17-9(4-5-15)11(13)18-10-6-7(14)2-3-8(10)16-12(17)18/h2-3,6H,4-5,15H2,1H3. The fourth-order valence-corrected chi connectivity index (χ4v) is 3.23. The molecule has 0 fully saturated rings. The van der Waals surface area contributed by atoms with Gasteiger partial charge in [-0.2, -0.15) is 0 Å². The van der Waals surface area contributed by atoms with Gasteiger partial charge in [0.05, 0.1) is 16.7 Å². The van der Waals surface area contributed by atoms with E-state index in [9.17, 15) is 0 Å². The molecule has 0 saturated carbocycles. The van der Waals surface area contributed by atoms with Crippen molar-refractivity contribution in [3.05, 3.63) is 33.5 Å². The lowest BCUT2D eigenvalue weighted by atomic mass is 10.3. The van der Waals surface area contributed by atoms with Crippen molar-refractivity contribution in [1.82, 2.24) is 14.0 Å². The topological polar surface area (TPSA) is 48.2 Å². The molecule has 0 saturated heterocycles. The SMILES string of the molecule is Cn1c(CCN)c(Br)n2c3cc(Cl)ccc3nc12. The van der Waals surface area contributed by atoms with E-state index >= 15 is 0 Å². The first-order chi connectivity index (χ1) is 8.63. The van der Waals surface area contributed by atoms with Crippen LogP contribution in [0.4, 0.5) is 0 Å². The van der Waals surface area contributed by atoms with Gasteiger partial charge in [-0.25, -0.2) is 4.98 Å². The highest BCUT2D eigenvalue weighted by Gasteiger charge is 2.17. The van der Waals surface area contributed by atoms with Crippen molar-refractivity contribution in [2.45, 2.75) is 6.42 Å². The number of rotatable bonds is 2. The molecule has 6 heteroatoms. The van der Waals surface area contributed by atoms with Gasteiger partial charge in [-0.1, -0.05) is 11.6 Å². The fraction of sp³-hybridized carbons (Fsp3) is 0.250. The van der Waals surface area contributed by atoms with Gasteiger partial charge >= 0.3 is 0 Å². The lowest BCUT2D eigenvalue weighted by Gasteiger charge is -2.00. The van der Waals surface area contributed by atoms with Crippen LogP contribution in [0, 0.1) is 0 Å². The van der Waals surface area contributed by atoms with Crippen molar-refractivity contribution in [2.75, 3.05) is 6.54 Å². The van der Waals surface area contributed by atoms with E-state index in [1.54, 1.807) is 0 Å². The number of hydrogen-bond acceptors (Lipinski definition) is 2. The van der Waals surface area contributed by atoms with E-state index in [1.165, 1.54) is 0 Å². The molecular formula is C12H12BrClN4. The number of aryl methyl sites for hydroxylation is 1. The van der Waals surface area contributed by atoms with Gasteiger partial charge in [-0.3, -0.25) is 4.40 Å². The molecule has 18 heavy (non-hydrogen) atoms. The minimum atomic E-state index is 0.609. The highest BCUT2D eigenvalue weighted by atomic mass is 79.9. The third kappa shape index (κ3) is 1.58. The first kappa shape index (κ1) is 12.0. The molecule has 2 N–H and O–H groups in total.